The first-order valence-corrected chi connectivity index (χ1v) is 6.62. The Morgan fingerprint density at radius 2 is 2.20 bits per heavy atom. The van der Waals surface area contributed by atoms with Crippen molar-refractivity contribution < 1.29 is 13.9 Å². The highest BCUT2D eigenvalue weighted by Crippen LogP contribution is 2.23. The van der Waals surface area contributed by atoms with Gasteiger partial charge >= 0.3 is 0 Å². The van der Waals surface area contributed by atoms with Crippen LogP contribution in [0, 0.1) is 11.7 Å². The molecule has 20 heavy (non-hydrogen) atoms. The fourth-order valence-corrected chi connectivity index (χ4v) is 2.49. The molecule has 2 rings (SSSR count). The zero-order chi connectivity index (χ0) is 14.5. The summed E-state index contributed by atoms with van der Waals surface area (Å²) in [4.78, 5) is 11.4. The quantitative estimate of drug-likeness (QED) is 0.806. The first kappa shape index (κ1) is 14.5. The van der Waals surface area contributed by atoms with Crippen molar-refractivity contribution >= 4 is 5.91 Å². The van der Waals surface area contributed by atoms with Gasteiger partial charge in [0.2, 0.25) is 5.91 Å². The second kappa shape index (κ2) is 6.52. The minimum atomic E-state index is -0.327. The molecule has 0 unspecified atom stereocenters. The van der Waals surface area contributed by atoms with Crippen molar-refractivity contribution in [3.05, 3.63) is 41.7 Å². The molecule has 0 radical (unpaired) electrons. The average molecular weight is 278 g/mol. The Morgan fingerprint density at radius 1 is 1.45 bits per heavy atom. The Kier molecular flexibility index (Phi) is 4.74. The number of carbonyl (C=O) groups is 1. The number of primary amides is 1. The highest BCUT2D eigenvalue weighted by molar-refractivity contribution is 5.77. The number of hydrogen-bond acceptors (Lipinski definition) is 3. The normalized spacial score (nSPS) is 21.7. The van der Waals surface area contributed by atoms with Crippen LogP contribution in [0.2, 0.25) is 0 Å². The van der Waals surface area contributed by atoms with Crippen LogP contribution in [-0.2, 0) is 11.3 Å². The molecule has 1 aromatic carbocycles. The molecule has 5 heteroatoms. The van der Waals surface area contributed by atoms with Gasteiger partial charge in [-0.15, -0.1) is 0 Å². The summed E-state index contributed by atoms with van der Waals surface area (Å²) in [5, 5.41) is 3.21. The molecule has 1 aliphatic carbocycles. The van der Waals surface area contributed by atoms with Gasteiger partial charge < -0.3 is 15.8 Å². The lowest BCUT2D eigenvalue weighted by Gasteiger charge is -2.27. The second-order valence-corrected chi connectivity index (χ2v) is 4.86. The van der Waals surface area contributed by atoms with Crippen LogP contribution in [-0.4, -0.2) is 19.1 Å². The second-order valence-electron chi connectivity index (χ2n) is 4.86. The third kappa shape index (κ3) is 3.17. The zero-order valence-electron chi connectivity index (χ0n) is 11.4. The molecule has 1 amide bonds. The molecule has 0 fully saturated rings. The number of nitrogens with one attached hydrogen (secondary N) is 1. The van der Waals surface area contributed by atoms with Gasteiger partial charge in [-0.25, -0.2) is 4.39 Å². The molecule has 0 aromatic heterocycles. The molecule has 3 N–H and O–H groups in total. The SMILES string of the molecule is COc1cccc(F)c1CN[C@@H]1CC=CC[C@H]1C(N)=O. The number of benzene rings is 1. The predicted octanol–water partition coefficient (Wildman–Crippen LogP) is 1.74. The van der Waals surface area contributed by atoms with Crippen LogP contribution in [0.3, 0.4) is 0 Å². The molecule has 0 bridgehead atoms. The molecule has 0 saturated carbocycles. The summed E-state index contributed by atoms with van der Waals surface area (Å²) in [5.41, 5.74) is 5.87. The number of ether oxygens (including phenoxy) is 1. The molecule has 0 spiro atoms. The third-order valence-corrected chi connectivity index (χ3v) is 3.63. The molecule has 2 atom stereocenters. The van der Waals surface area contributed by atoms with Crippen LogP contribution >= 0.6 is 0 Å². The van der Waals surface area contributed by atoms with Crippen molar-refractivity contribution in [3.8, 4) is 5.75 Å². The Balaban J connectivity index is 2.08. The van der Waals surface area contributed by atoms with Gasteiger partial charge in [-0.3, -0.25) is 4.79 Å². The Labute approximate surface area is 117 Å². The summed E-state index contributed by atoms with van der Waals surface area (Å²) in [6.07, 6.45) is 5.30. The number of rotatable bonds is 5. The van der Waals surface area contributed by atoms with E-state index in [9.17, 15) is 9.18 Å². The van der Waals surface area contributed by atoms with E-state index in [2.05, 4.69) is 5.32 Å². The van der Waals surface area contributed by atoms with Crippen molar-refractivity contribution in [2.45, 2.75) is 25.4 Å². The van der Waals surface area contributed by atoms with Crippen molar-refractivity contribution in [3.63, 3.8) is 0 Å². The number of allylic oxidation sites excluding steroid dienone is 1. The van der Waals surface area contributed by atoms with Crippen LogP contribution in [0.4, 0.5) is 4.39 Å². The summed E-state index contributed by atoms with van der Waals surface area (Å²) >= 11 is 0. The summed E-state index contributed by atoms with van der Waals surface area (Å²) < 4.78 is 19.0. The first-order valence-electron chi connectivity index (χ1n) is 6.62. The van der Waals surface area contributed by atoms with Crippen LogP contribution < -0.4 is 15.8 Å². The fraction of sp³-hybridized carbons (Fsp3) is 0.400. The summed E-state index contributed by atoms with van der Waals surface area (Å²) in [6.45, 7) is 0.304. The maximum atomic E-state index is 13.8. The monoisotopic (exact) mass is 278 g/mol. The Bertz CT molecular complexity index is 517. The number of hydrogen-bond donors (Lipinski definition) is 2. The molecular formula is C15H19FN2O2. The number of nitrogens with two attached hydrogens (primary N) is 1. The summed E-state index contributed by atoms with van der Waals surface area (Å²) in [7, 11) is 1.51. The minimum absolute atomic E-state index is 0.0678. The molecule has 1 aliphatic rings. The number of halogens is 1. The lowest BCUT2D eigenvalue weighted by atomic mass is 9.88. The van der Waals surface area contributed by atoms with E-state index in [-0.39, 0.29) is 23.7 Å². The van der Waals surface area contributed by atoms with Gasteiger partial charge in [0, 0.05) is 18.2 Å². The number of carbonyl (C=O) groups excluding carboxylic acids is 1. The highest BCUT2D eigenvalue weighted by atomic mass is 19.1. The standard InChI is InChI=1S/C15H19FN2O2/c1-20-14-8-4-6-12(16)11(14)9-18-13-7-3-2-5-10(13)15(17)19/h2-4,6,8,10,13,18H,5,7,9H2,1H3,(H2,17,19)/t10-,13-/m1/s1. The van der Waals surface area contributed by atoms with E-state index in [0.29, 0.717) is 30.7 Å². The smallest absolute Gasteiger partial charge is 0.222 e. The minimum Gasteiger partial charge on any atom is -0.496 e. The van der Waals surface area contributed by atoms with Gasteiger partial charge in [0.05, 0.1) is 13.0 Å². The van der Waals surface area contributed by atoms with Crippen LogP contribution in [0.1, 0.15) is 18.4 Å². The van der Waals surface area contributed by atoms with E-state index in [4.69, 9.17) is 10.5 Å². The highest BCUT2D eigenvalue weighted by Gasteiger charge is 2.27. The third-order valence-electron chi connectivity index (χ3n) is 3.63. The topological polar surface area (TPSA) is 64.3 Å². The van der Waals surface area contributed by atoms with Crippen LogP contribution in [0.15, 0.2) is 30.4 Å². The van der Waals surface area contributed by atoms with Gasteiger partial charge in [0.25, 0.3) is 0 Å². The maximum Gasteiger partial charge on any atom is 0.222 e. The van der Waals surface area contributed by atoms with Gasteiger partial charge in [-0.2, -0.15) is 0 Å². The van der Waals surface area contributed by atoms with Gasteiger partial charge in [-0.05, 0) is 25.0 Å². The molecular weight excluding hydrogens is 259 g/mol. The molecule has 0 aliphatic heterocycles. The van der Waals surface area contributed by atoms with Crippen molar-refractivity contribution in [2.75, 3.05) is 7.11 Å². The van der Waals surface area contributed by atoms with Crippen molar-refractivity contribution in [2.24, 2.45) is 11.7 Å². The summed E-state index contributed by atoms with van der Waals surface area (Å²) in [6, 6.07) is 4.65. The van der Waals surface area contributed by atoms with E-state index in [1.807, 2.05) is 12.2 Å². The molecule has 4 nitrogen and oxygen atoms in total. The number of amides is 1. The van der Waals surface area contributed by atoms with E-state index in [1.54, 1.807) is 12.1 Å². The molecule has 1 aromatic rings. The van der Waals surface area contributed by atoms with Gasteiger partial charge in [0.15, 0.2) is 0 Å². The predicted molar refractivity (Wildman–Crippen MR) is 74.6 cm³/mol. The van der Waals surface area contributed by atoms with Crippen molar-refractivity contribution in [1.82, 2.24) is 5.32 Å². The van der Waals surface area contributed by atoms with E-state index >= 15 is 0 Å². The van der Waals surface area contributed by atoms with Gasteiger partial charge in [0.1, 0.15) is 11.6 Å². The average Bonchev–Trinajstić information content (AvgIpc) is 2.46. The maximum absolute atomic E-state index is 13.8. The lowest BCUT2D eigenvalue weighted by molar-refractivity contribution is -0.122. The van der Waals surface area contributed by atoms with Crippen LogP contribution in [0.25, 0.3) is 0 Å². The molecule has 0 saturated heterocycles. The lowest BCUT2D eigenvalue weighted by Crippen LogP contribution is -2.43. The molecule has 0 heterocycles. The van der Waals surface area contributed by atoms with E-state index < -0.39 is 0 Å². The fourth-order valence-electron chi connectivity index (χ4n) is 2.49. The number of methoxy groups -OCH3 is 1. The zero-order valence-corrected chi connectivity index (χ0v) is 11.4. The van der Waals surface area contributed by atoms with E-state index in [1.165, 1.54) is 13.2 Å². The van der Waals surface area contributed by atoms with Crippen molar-refractivity contribution in [1.29, 1.82) is 0 Å². The largest absolute Gasteiger partial charge is 0.496 e. The molecule has 108 valence electrons. The van der Waals surface area contributed by atoms with Gasteiger partial charge in [-0.1, -0.05) is 18.2 Å². The Hall–Kier alpha value is -1.88. The van der Waals surface area contributed by atoms with Crippen LogP contribution in [0.5, 0.6) is 5.75 Å². The van der Waals surface area contributed by atoms with E-state index in [0.717, 1.165) is 0 Å². The summed E-state index contributed by atoms with van der Waals surface area (Å²) in [5.74, 6) is -0.400. The first-order chi connectivity index (χ1) is 9.63. The Morgan fingerprint density at radius 3 is 2.90 bits per heavy atom.